The maximum Gasteiger partial charge on any atom is 1.00 e. The predicted octanol–water partition coefficient (Wildman–Crippen LogP) is -0.648. The van der Waals surface area contributed by atoms with Crippen LogP contribution in [0.3, 0.4) is 0 Å². The fourth-order valence-electron chi connectivity index (χ4n) is 1.78. The summed E-state index contributed by atoms with van der Waals surface area (Å²) >= 11 is 0. The van der Waals surface area contributed by atoms with E-state index in [1.165, 1.54) is 38.3 Å². The Balaban J connectivity index is 0.00000289. The molecule has 1 aromatic heterocycles. The van der Waals surface area contributed by atoms with E-state index >= 15 is 0 Å². The molecule has 0 fully saturated rings. The largest absolute Gasteiger partial charge is 1.00 e. The minimum atomic E-state index is -1.16. The van der Waals surface area contributed by atoms with Gasteiger partial charge >= 0.3 is 29.6 Å². The molecule has 0 aliphatic heterocycles. The van der Waals surface area contributed by atoms with Gasteiger partial charge in [0.25, 0.3) is 0 Å². The van der Waals surface area contributed by atoms with E-state index < -0.39 is 5.97 Å². The zero-order valence-corrected chi connectivity index (χ0v) is 13.4. The van der Waals surface area contributed by atoms with Gasteiger partial charge in [0.2, 0.25) is 0 Å². The molecule has 1 aromatic rings. The molecule has 0 amide bonds. The fourth-order valence-corrected chi connectivity index (χ4v) is 1.78. The summed E-state index contributed by atoms with van der Waals surface area (Å²) in [6.07, 6.45) is 9.84. The van der Waals surface area contributed by atoms with Crippen LogP contribution in [0.2, 0.25) is 0 Å². The second kappa shape index (κ2) is 10.5. The normalized spacial score (nSPS) is 9.83. The van der Waals surface area contributed by atoms with Gasteiger partial charge in [-0.25, -0.2) is 0 Å². The van der Waals surface area contributed by atoms with Crippen LogP contribution < -0.4 is 34.7 Å². The van der Waals surface area contributed by atoms with Gasteiger partial charge in [-0.15, -0.1) is 0 Å². The fraction of sp³-hybridized carbons (Fsp3) is 0.571. The first kappa shape index (κ1) is 17.6. The van der Waals surface area contributed by atoms with Crippen molar-refractivity contribution in [1.82, 2.24) is 4.98 Å². The first-order chi connectivity index (χ1) is 8.24. The Hall–Kier alpha value is -0.380. The van der Waals surface area contributed by atoms with E-state index in [1.807, 2.05) is 0 Å². The Labute approximate surface area is 131 Å². The molecule has 0 saturated carbocycles. The Morgan fingerprint density at radius 1 is 1.17 bits per heavy atom. The number of carboxylic acids is 1. The van der Waals surface area contributed by atoms with Gasteiger partial charge in [-0.1, -0.05) is 39.0 Å². The van der Waals surface area contributed by atoms with Gasteiger partial charge in [0.1, 0.15) is 0 Å². The minimum Gasteiger partial charge on any atom is -0.545 e. The topological polar surface area (TPSA) is 53.0 Å². The van der Waals surface area contributed by atoms with E-state index in [0.29, 0.717) is 0 Å². The average molecular weight is 257 g/mol. The third-order valence-corrected chi connectivity index (χ3v) is 2.85. The van der Waals surface area contributed by atoms with Crippen molar-refractivity contribution >= 4 is 5.97 Å². The number of aryl methyl sites for hydroxylation is 1. The number of pyridine rings is 1. The van der Waals surface area contributed by atoms with Gasteiger partial charge in [0.15, 0.2) is 0 Å². The molecule has 0 aliphatic carbocycles. The molecule has 0 atom stereocenters. The summed E-state index contributed by atoms with van der Waals surface area (Å²) in [6.45, 7) is 2.21. The zero-order chi connectivity index (χ0) is 12.5. The number of hydrogen-bond donors (Lipinski definition) is 0. The second-order valence-corrected chi connectivity index (χ2v) is 4.34. The number of carbonyl (C=O) groups excluding carboxylic acids is 1. The summed E-state index contributed by atoms with van der Waals surface area (Å²) in [5, 5.41) is 10.5. The summed E-state index contributed by atoms with van der Waals surface area (Å²) in [5.41, 5.74) is 1.11. The molecule has 18 heavy (non-hydrogen) atoms. The number of rotatable bonds is 8. The summed E-state index contributed by atoms with van der Waals surface area (Å²) in [6, 6.07) is 3.34. The van der Waals surface area contributed by atoms with Gasteiger partial charge in [0.05, 0.1) is 5.97 Å². The van der Waals surface area contributed by atoms with Crippen molar-refractivity contribution < 1.29 is 39.5 Å². The Morgan fingerprint density at radius 2 is 1.83 bits per heavy atom. The molecule has 0 bridgehead atoms. The van der Waals surface area contributed by atoms with Crippen molar-refractivity contribution in [3.05, 3.63) is 29.6 Å². The van der Waals surface area contributed by atoms with E-state index in [-0.39, 0.29) is 35.1 Å². The molecule has 0 spiro atoms. The van der Waals surface area contributed by atoms with E-state index in [0.717, 1.165) is 18.5 Å². The quantitative estimate of drug-likeness (QED) is 0.459. The van der Waals surface area contributed by atoms with Crippen LogP contribution in [0.4, 0.5) is 0 Å². The van der Waals surface area contributed by atoms with E-state index in [9.17, 15) is 9.90 Å². The first-order valence-electron chi connectivity index (χ1n) is 6.40. The van der Waals surface area contributed by atoms with Crippen molar-refractivity contribution in [2.75, 3.05) is 0 Å². The average Bonchev–Trinajstić information content (AvgIpc) is 2.34. The molecular formula is C14H20NNaO2. The van der Waals surface area contributed by atoms with Crippen LogP contribution >= 0.6 is 0 Å². The van der Waals surface area contributed by atoms with Crippen molar-refractivity contribution in [3.8, 4) is 0 Å². The number of unbranched alkanes of at least 4 members (excludes halogenated alkanes) is 5. The van der Waals surface area contributed by atoms with Crippen LogP contribution in [0.1, 0.15) is 61.5 Å². The molecule has 1 rings (SSSR count). The van der Waals surface area contributed by atoms with Gasteiger partial charge < -0.3 is 9.90 Å². The van der Waals surface area contributed by atoms with Crippen LogP contribution in [-0.2, 0) is 6.42 Å². The maximum absolute atomic E-state index is 10.5. The molecule has 0 aliphatic rings. The monoisotopic (exact) mass is 257 g/mol. The van der Waals surface area contributed by atoms with Gasteiger partial charge in [-0.2, -0.15) is 0 Å². The zero-order valence-electron chi connectivity index (χ0n) is 11.4. The molecule has 0 aromatic carbocycles. The molecule has 94 valence electrons. The maximum atomic E-state index is 10.5. The van der Waals surface area contributed by atoms with Crippen LogP contribution in [0.5, 0.6) is 0 Å². The van der Waals surface area contributed by atoms with Gasteiger partial charge in [0, 0.05) is 17.5 Å². The number of aromatic nitrogens is 1. The molecule has 4 heteroatoms. The third kappa shape index (κ3) is 7.14. The van der Waals surface area contributed by atoms with Crippen LogP contribution in [0, 0.1) is 0 Å². The van der Waals surface area contributed by atoms with Crippen LogP contribution in [0.25, 0.3) is 0 Å². The standard InChI is InChI=1S/C14H21NO2.Na/c1-2-3-4-5-6-7-8-13-10-9-12(11-15-13)14(16)17;/h9-11H,2-8H2,1H3,(H,16,17);/q;+1/p-1. The molecule has 0 unspecified atom stereocenters. The number of nitrogens with zero attached hydrogens (tertiary/aromatic N) is 1. The number of carboxylic acid groups (broad SMARTS) is 1. The molecule has 0 radical (unpaired) electrons. The van der Waals surface area contributed by atoms with Crippen LogP contribution in [0.15, 0.2) is 18.3 Å². The summed E-state index contributed by atoms with van der Waals surface area (Å²) in [4.78, 5) is 14.6. The Morgan fingerprint density at radius 3 is 2.39 bits per heavy atom. The van der Waals surface area contributed by atoms with Crippen LogP contribution in [-0.4, -0.2) is 11.0 Å². The van der Waals surface area contributed by atoms with E-state index in [2.05, 4.69) is 11.9 Å². The SMILES string of the molecule is CCCCCCCCc1ccc(C(=O)[O-])cn1.[Na+]. The smallest absolute Gasteiger partial charge is 0.545 e. The molecule has 0 N–H and O–H groups in total. The van der Waals surface area contributed by atoms with Crippen molar-refractivity contribution in [1.29, 1.82) is 0 Å². The minimum absolute atomic E-state index is 0. The Kier molecular flexibility index (Phi) is 10.3. The molecule has 1 heterocycles. The van der Waals surface area contributed by atoms with Crippen molar-refractivity contribution in [2.45, 2.75) is 51.9 Å². The molecular weight excluding hydrogens is 237 g/mol. The first-order valence-corrected chi connectivity index (χ1v) is 6.40. The second-order valence-electron chi connectivity index (χ2n) is 4.34. The molecule has 0 saturated heterocycles. The number of carbonyl (C=O) groups is 1. The van der Waals surface area contributed by atoms with E-state index in [1.54, 1.807) is 12.1 Å². The Bertz CT molecular complexity index is 338. The summed E-state index contributed by atoms with van der Waals surface area (Å²) in [7, 11) is 0. The summed E-state index contributed by atoms with van der Waals surface area (Å²) < 4.78 is 0. The number of aromatic carboxylic acids is 1. The predicted molar refractivity (Wildman–Crippen MR) is 65.6 cm³/mol. The van der Waals surface area contributed by atoms with Crippen molar-refractivity contribution in [2.24, 2.45) is 0 Å². The summed E-state index contributed by atoms with van der Waals surface area (Å²) in [5.74, 6) is -1.16. The van der Waals surface area contributed by atoms with Crippen molar-refractivity contribution in [3.63, 3.8) is 0 Å². The number of hydrogen-bond acceptors (Lipinski definition) is 3. The third-order valence-electron chi connectivity index (χ3n) is 2.85. The van der Waals surface area contributed by atoms with Gasteiger partial charge in [-0.05, 0) is 25.0 Å². The molecule has 3 nitrogen and oxygen atoms in total. The van der Waals surface area contributed by atoms with E-state index in [4.69, 9.17) is 0 Å². The van der Waals surface area contributed by atoms with Gasteiger partial charge in [-0.3, -0.25) is 4.98 Å².